The molecule has 1 fully saturated rings. The molecule has 0 amide bonds. The van der Waals surface area contributed by atoms with Crippen molar-refractivity contribution in [1.82, 2.24) is 10.2 Å². The summed E-state index contributed by atoms with van der Waals surface area (Å²) in [6.45, 7) is 5.61. The van der Waals surface area contributed by atoms with Crippen LogP contribution in [0.2, 0.25) is 5.02 Å². The van der Waals surface area contributed by atoms with E-state index in [1.807, 2.05) is 42.5 Å². The first-order valence-electron chi connectivity index (χ1n) is 9.30. The number of benzene rings is 2. The molecule has 1 aliphatic heterocycles. The summed E-state index contributed by atoms with van der Waals surface area (Å²) in [7, 11) is 1.60. The monoisotopic (exact) mass is 420 g/mol. The minimum atomic E-state index is 0.415. The number of halogens is 1. The summed E-state index contributed by atoms with van der Waals surface area (Å²) in [4.78, 5) is 3.00. The molecule has 1 saturated heterocycles. The third-order valence-electron chi connectivity index (χ3n) is 4.53. The molecule has 150 valence electrons. The lowest BCUT2D eigenvalue weighted by Gasteiger charge is -2.26. The molecule has 7 heteroatoms. The van der Waals surface area contributed by atoms with Crippen molar-refractivity contribution in [2.24, 2.45) is 0 Å². The van der Waals surface area contributed by atoms with Crippen LogP contribution < -0.4 is 14.8 Å². The number of ether oxygens (including phenoxy) is 3. The summed E-state index contributed by atoms with van der Waals surface area (Å²) in [5.41, 5.74) is 1.87. The van der Waals surface area contributed by atoms with Crippen LogP contribution in [0, 0.1) is 0 Å². The molecule has 3 rings (SSSR count). The molecule has 28 heavy (non-hydrogen) atoms. The molecular weight excluding hydrogens is 396 g/mol. The Kier molecular flexibility index (Phi) is 7.91. The second-order valence-corrected chi connectivity index (χ2v) is 7.29. The second kappa shape index (κ2) is 10.6. The largest absolute Gasteiger partial charge is 0.493 e. The van der Waals surface area contributed by atoms with E-state index in [1.165, 1.54) is 0 Å². The smallest absolute Gasteiger partial charge is 0.180 e. The summed E-state index contributed by atoms with van der Waals surface area (Å²) < 4.78 is 16.8. The molecular formula is C21H25ClN2O3S. The van der Waals surface area contributed by atoms with E-state index in [9.17, 15) is 0 Å². The zero-order valence-corrected chi connectivity index (χ0v) is 17.5. The summed E-state index contributed by atoms with van der Waals surface area (Å²) >= 11 is 12.0. The second-order valence-electron chi connectivity index (χ2n) is 6.47. The van der Waals surface area contributed by atoms with Gasteiger partial charge in [0.25, 0.3) is 0 Å². The van der Waals surface area contributed by atoms with Gasteiger partial charge in [-0.25, -0.2) is 0 Å². The Bertz CT molecular complexity index is 783. The van der Waals surface area contributed by atoms with E-state index in [0.717, 1.165) is 50.5 Å². The van der Waals surface area contributed by atoms with Crippen molar-refractivity contribution in [3.63, 3.8) is 0 Å². The Balaban J connectivity index is 1.60. The number of morpholine rings is 1. The van der Waals surface area contributed by atoms with E-state index in [0.29, 0.717) is 28.1 Å². The molecule has 2 aromatic rings. The molecule has 1 heterocycles. The fraction of sp³-hybridized carbons (Fsp3) is 0.381. The van der Waals surface area contributed by atoms with Gasteiger partial charge in [-0.05, 0) is 17.7 Å². The zero-order valence-electron chi connectivity index (χ0n) is 15.9. The van der Waals surface area contributed by atoms with Gasteiger partial charge in [-0.2, -0.15) is 0 Å². The summed E-state index contributed by atoms with van der Waals surface area (Å²) in [5, 5.41) is 3.77. The van der Waals surface area contributed by atoms with Crippen LogP contribution in [0.25, 0.3) is 0 Å². The number of nitrogens with zero attached hydrogens (tertiary/aromatic N) is 1. The van der Waals surface area contributed by atoms with Crippen LogP contribution in [0.5, 0.6) is 11.5 Å². The highest BCUT2D eigenvalue weighted by Gasteiger charge is 2.15. The van der Waals surface area contributed by atoms with Crippen molar-refractivity contribution >= 4 is 28.8 Å². The first-order valence-corrected chi connectivity index (χ1v) is 10.1. The summed E-state index contributed by atoms with van der Waals surface area (Å²) in [5.74, 6) is 1.09. The first kappa shape index (κ1) is 20.9. The van der Waals surface area contributed by atoms with Crippen molar-refractivity contribution in [1.29, 1.82) is 0 Å². The summed E-state index contributed by atoms with van der Waals surface area (Å²) in [6.07, 6.45) is 0. The van der Waals surface area contributed by atoms with E-state index < -0.39 is 0 Å². The average molecular weight is 421 g/mol. The average Bonchev–Trinajstić information content (AvgIpc) is 2.73. The topological polar surface area (TPSA) is 43.0 Å². The van der Waals surface area contributed by atoms with E-state index in [1.54, 1.807) is 7.11 Å². The number of methoxy groups -OCH3 is 1. The minimum Gasteiger partial charge on any atom is -0.493 e. The maximum atomic E-state index is 6.46. The number of rotatable bonds is 8. The predicted molar refractivity (Wildman–Crippen MR) is 116 cm³/mol. The molecule has 0 aliphatic carbocycles. The van der Waals surface area contributed by atoms with Gasteiger partial charge >= 0.3 is 0 Å². The van der Waals surface area contributed by atoms with Crippen LogP contribution in [-0.4, -0.2) is 56.4 Å². The zero-order chi connectivity index (χ0) is 19.8. The molecule has 0 unspecified atom stereocenters. The quantitative estimate of drug-likeness (QED) is 0.659. The Hall–Kier alpha value is -1.86. The number of hydrogen-bond acceptors (Lipinski definition) is 5. The van der Waals surface area contributed by atoms with E-state index >= 15 is 0 Å². The highest BCUT2D eigenvalue weighted by atomic mass is 35.5. The van der Waals surface area contributed by atoms with Gasteiger partial charge in [0.05, 0.1) is 25.3 Å². The highest BCUT2D eigenvalue weighted by molar-refractivity contribution is 7.80. The maximum Gasteiger partial charge on any atom is 0.180 e. The maximum absolute atomic E-state index is 6.46. The summed E-state index contributed by atoms with van der Waals surface area (Å²) in [6, 6.07) is 13.6. The van der Waals surface area contributed by atoms with Crippen LogP contribution in [0.15, 0.2) is 42.5 Å². The fourth-order valence-electron chi connectivity index (χ4n) is 2.98. The van der Waals surface area contributed by atoms with Crippen molar-refractivity contribution in [3.8, 4) is 11.5 Å². The predicted octanol–water partition coefficient (Wildman–Crippen LogP) is 3.52. The van der Waals surface area contributed by atoms with Crippen molar-refractivity contribution < 1.29 is 14.2 Å². The van der Waals surface area contributed by atoms with Gasteiger partial charge in [0.1, 0.15) is 11.6 Å². The standard InChI is InChI=1S/C21H25ClN2O3S/c1-25-19-14-17(21(28)23-7-8-24-9-11-26-12-10-24)13-18(22)20(19)27-15-16-5-3-2-4-6-16/h2-6,13-14H,7-12,15H2,1H3,(H,23,28). The van der Waals surface area contributed by atoms with Crippen LogP contribution in [0.4, 0.5) is 0 Å². The minimum absolute atomic E-state index is 0.415. The van der Waals surface area contributed by atoms with Crippen molar-refractivity contribution in [2.45, 2.75) is 6.61 Å². The molecule has 0 aromatic heterocycles. The lowest BCUT2D eigenvalue weighted by atomic mass is 10.2. The van der Waals surface area contributed by atoms with Crippen LogP contribution >= 0.6 is 23.8 Å². The number of nitrogens with one attached hydrogen (secondary N) is 1. The lowest BCUT2D eigenvalue weighted by molar-refractivity contribution is 0.0389. The molecule has 5 nitrogen and oxygen atoms in total. The SMILES string of the molecule is COc1cc(C(=S)NCCN2CCOCC2)cc(Cl)c1OCc1ccccc1. The molecule has 0 bridgehead atoms. The molecule has 0 radical (unpaired) electrons. The highest BCUT2D eigenvalue weighted by Crippen LogP contribution is 2.37. The van der Waals surface area contributed by atoms with E-state index in [-0.39, 0.29) is 0 Å². The Labute approximate surface area is 176 Å². The van der Waals surface area contributed by atoms with Crippen molar-refractivity contribution in [2.75, 3.05) is 46.5 Å². The normalized spacial score (nSPS) is 14.5. The molecule has 2 aromatic carbocycles. The molecule has 0 saturated carbocycles. The third kappa shape index (κ3) is 5.82. The Morgan fingerprint density at radius 3 is 2.68 bits per heavy atom. The van der Waals surface area contributed by atoms with Gasteiger partial charge in [0.2, 0.25) is 0 Å². The van der Waals surface area contributed by atoms with E-state index in [4.69, 9.17) is 38.0 Å². The Morgan fingerprint density at radius 1 is 1.21 bits per heavy atom. The Morgan fingerprint density at radius 2 is 1.96 bits per heavy atom. The molecule has 0 atom stereocenters. The van der Waals surface area contributed by atoms with Crippen LogP contribution in [0.1, 0.15) is 11.1 Å². The van der Waals surface area contributed by atoms with Crippen LogP contribution in [0.3, 0.4) is 0 Å². The number of hydrogen-bond donors (Lipinski definition) is 1. The fourth-order valence-corrected chi connectivity index (χ4v) is 3.46. The molecule has 1 N–H and O–H groups in total. The van der Waals surface area contributed by atoms with Gasteiger partial charge in [0, 0.05) is 31.7 Å². The van der Waals surface area contributed by atoms with Gasteiger partial charge in [0.15, 0.2) is 11.5 Å². The van der Waals surface area contributed by atoms with Gasteiger partial charge in [-0.1, -0.05) is 54.2 Å². The van der Waals surface area contributed by atoms with Crippen molar-refractivity contribution in [3.05, 3.63) is 58.6 Å². The van der Waals surface area contributed by atoms with E-state index in [2.05, 4.69) is 10.2 Å². The first-order chi connectivity index (χ1) is 13.7. The van der Waals surface area contributed by atoms with Gasteiger partial charge in [-0.3, -0.25) is 4.90 Å². The third-order valence-corrected chi connectivity index (χ3v) is 5.20. The van der Waals surface area contributed by atoms with Gasteiger partial charge in [-0.15, -0.1) is 0 Å². The molecule has 0 spiro atoms. The number of thiocarbonyl (C=S) groups is 1. The molecule has 1 aliphatic rings. The lowest BCUT2D eigenvalue weighted by Crippen LogP contribution is -2.41. The van der Waals surface area contributed by atoms with Crippen LogP contribution in [-0.2, 0) is 11.3 Å². The van der Waals surface area contributed by atoms with Gasteiger partial charge < -0.3 is 19.5 Å².